The fourth-order valence-electron chi connectivity index (χ4n) is 1.51. The molecule has 0 radical (unpaired) electrons. The van der Waals surface area contributed by atoms with E-state index in [-0.39, 0.29) is 6.42 Å². The first-order chi connectivity index (χ1) is 8.18. The summed E-state index contributed by atoms with van der Waals surface area (Å²) in [5.41, 5.74) is 0.762. The van der Waals surface area contributed by atoms with Crippen LogP contribution in [0, 0.1) is 0 Å². The van der Waals surface area contributed by atoms with Gasteiger partial charge in [0.1, 0.15) is 0 Å². The molecule has 0 aliphatic heterocycles. The van der Waals surface area contributed by atoms with Gasteiger partial charge in [-0.05, 0) is 39.7 Å². The van der Waals surface area contributed by atoms with Gasteiger partial charge in [0.25, 0.3) is 0 Å². The van der Waals surface area contributed by atoms with Gasteiger partial charge in [-0.15, -0.1) is 6.58 Å². The van der Waals surface area contributed by atoms with Gasteiger partial charge in [-0.1, -0.05) is 23.8 Å². The van der Waals surface area contributed by atoms with Gasteiger partial charge in [-0.3, -0.25) is 0 Å². The lowest BCUT2D eigenvalue weighted by Crippen LogP contribution is -2.27. The summed E-state index contributed by atoms with van der Waals surface area (Å²) < 4.78 is 0. The van der Waals surface area contributed by atoms with Crippen molar-refractivity contribution in [2.75, 3.05) is 0 Å². The summed E-state index contributed by atoms with van der Waals surface area (Å²) in [4.78, 5) is 0. The van der Waals surface area contributed by atoms with E-state index < -0.39 is 17.8 Å². The second-order valence-electron chi connectivity index (χ2n) is 5.28. The topological polar surface area (TPSA) is 60.7 Å². The van der Waals surface area contributed by atoms with Gasteiger partial charge in [-0.2, -0.15) is 0 Å². The second kappa shape index (κ2) is 7.52. The van der Waals surface area contributed by atoms with Gasteiger partial charge in [0.05, 0.1) is 17.8 Å². The van der Waals surface area contributed by atoms with Crippen LogP contribution in [0.25, 0.3) is 0 Å². The number of aliphatic hydroxyl groups is 3. The summed E-state index contributed by atoms with van der Waals surface area (Å²) in [5, 5.41) is 29.4. The number of hydrogen-bond donors (Lipinski definition) is 3. The molecule has 0 amide bonds. The maximum Gasteiger partial charge on any atom is 0.0824 e. The molecule has 3 nitrogen and oxygen atoms in total. The highest BCUT2D eigenvalue weighted by Gasteiger charge is 2.20. The molecule has 0 bridgehead atoms. The van der Waals surface area contributed by atoms with Crippen LogP contribution in [0.15, 0.2) is 36.0 Å². The lowest BCUT2D eigenvalue weighted by Gasteiger charge is -2.21. The SMILES string of the molecule is C=C[C@](C)(O)C[C@@H](O)/C=C(\C)[C@@H](O)CC=C(C)C. The van der Waals surface area contributed by atoms with Gasteiger partial charge in [-0.25, -0.2) is 0 Å². The van der Waals surface area contributed by atoms with Crippen molar-refractivity contribution in [3.63, 3.8) is 0 Å². The molecule has 0 fully saturated rings. The summed E-state index contributed by atoms with van der Waals surface area (Å²) in [7, 11) is 0. The first-order valence-corrected chi connectivity index (χ1v) is 6.21. The quantitative estimate of drug-likeness (QED) is 0.611. The third-order valence-corrected chi connectivity index (χ3v) is 2.79. The normalized spacial score (nSPS) is 18.7. The zero-order valence-corrected chi connectivity index (χ0v) is 11.8. The van der Waals surface area contributed by atoms with Gasteiger partial charge >= 0.3 is 0 Å². The molecular weight excluding hydrogens is 228 g/mol. The molecule has 0 aliphatic rings. The Morgan fingerprint density at radius 1 is 1.28 bits per heavy atom. The van der Waals surface area contributed by atoms with E-state index in [1.54, 1.807) is 19.9 Å². The third kappa shape index (κ3) is 7.43. The van der Waals surface area contributed by atoms with Crippen LogP contribution in [-0.2, 0) is 0 Å². The van der Waals surface area contributed by atoms with Crippen molar-refractivity contribution in [1.82, 2.24) is 0 Å². The predicted octanol–water partition coefficient (Wildman–Crippen LogP) is 2.34. The van der Waals surface area contributed by atoms with Crippen LogP contribution in [-0.4, -0.2) is 33.1 Å². The lowest BCUT2D eigenvalue weighted by atomic mass is 9.96. The number of allylic oxidation sites excluding steroid dienone is 1. The Morgan fingerprint density at radius 2 is 1.83 bits per heavy atom. The molecule has 3 heteroatoms. The van der Waals surface area contributed by atoms with Crippen LogP contribution >= 0.6 is 0 Å². The van der Waals surface area contributed by atoms with E-state index in [9.17, 15) is 15.3 Å². The van der Waals surface area contributed by atoms with Crippen LogP contribution in [0.1, 0.15) is 40.5 Å². The van der Waals surface area contributed by atoms with Crippen molar-refractivity contribution in [3.05, 3.63) is 36.0 Å². The van der Waals surface area contributed by atoms with Gasteiger partial charge in [0.2, 0.25) is 0 Å². The van der Waals surface area contributed by atoms with Gasteiger partial charge < -0.3 is 15.3 Å². The molecule has 104 valence electrons. The van der Waals surface area contributed by atoms with Crippen LogP contribution < -0.4 is 0 Å². The minimum absolute atomic E-state index is 0.170. The Balaban J connectivity index is 4.48. The first kappa shape index (κ1) is 17.1. The van der Waals surface area contributed by atoms with Crippen molar-refractivity contribution < 1.29 is 15.3 Å². The van der Waals surface area contributed by atoms with Crippen molar-refractivity contribution in [2.24, 2.45) is 0 Å². The predicted molar refractivity (Wildman–Crippen MR) is 75.3 cm³/mol. The van der Waals surface area contributed by atoms with E-state index in [1.807, 2.05) is 19.9 Å². The summed E-state index contributed by atoms with van der Waals surface area (Å²) >= 11 is 0. The fourth-order valence-corrected chi connectivity index (χ4v) is 1.51. The summed E-state index contributed by atoms with van der Waals surface area (Å²) in [6.07, 6.45) is 4.26. The average molecular weight is 254 g/mol. The summed E-state index contributed by atoms with van der Waals surface area (Å²) in [6.45, 7) is 10.8. The molecule has 18 heavy (non-hydrogen) atoms. The molecule has 0 aromatic rings. The fraction of sp³-hybridized carbons (Fsp3) is 0.600. The smallest absolute Gasteiger partial charge is 0.0824 e. The van der Waals surface area contributed by atoms with Crippen molar-refractivity contribution in [2.45, 2.75) is 58.3 Å². The third-order valence-electron chi connectivity index (χ3n) is 2.79. The van der Waals surface area contributed by atoms with Crippen molar-refractivity contribution in [3.8, 4) is 0 Å². The van der Waals surface area contributed by atoms with Gasteiger partial charge in [0.15, 0.2) is 0 Å². The van der Waals surface area contributed by atoms with E-state index in [1.165, 1.54) is 6.08 Å². The minimum atomic E-state index is -1.10. The van der Waals surface area contributed by atoms with Crippen LogP contribution in [0.4, 0.5) is 0 Å². The lowest BCUT2D eigenvalue weighted by molar-refractivity contribution is 0.0568. The summed E-state index contributed by atoms with van der Waals surface area (Å²) in [6, 6.07) is 0. The highest BCUT2D eigenvalue weighted by molar-refractivity contribution is 5.11. The molecule has 0 aromatic carbocycles. The standard InChI is InChI=1S/C15H26O3/c1-6-15(5,18)10-13(16)9-12(4)14(17)8-7-11(2)3/h6-7,9,13-14,16-18H,1,8,10H2,2-5H3/b12-9+/t13-,14-,15-/m0/s1. The number of hydrogen-bond acceptors (Lipinski definition) is 3. The molecule has 0 aromatic heterocycles. The maximum absolute atomic E-state index is 9.86. The molecule has 0 rings (SSSR count). The molecular formula is C15H26O3. The van der Waals surface area contributed by atoms with Gasteiger partial charge in [0, 0.05) is 6.42 Å². The van der Waals surface area contributed by atoms with Crippen LogP contribution in [0.2, 0.25) is 0 Å². The van der Waals surface area contributed by atoms with E-state index >= 15 is 0 Å². The molecule has 0 aliphatic carbocycles. The molecule has 0 heterocycles. The largest absolute Gasteiger partial charge is 0.389 e. The van der Waals surface area contributed by atoms with E-state index in [2.05, 4.69) is 6.58 Å². The maximum atomic E-state index is 9.86. The van der Waals surface area contributed by atoms with E-state index in [0.29, 0.717) is 12.0 Å². The Kier molecular flexibility index (Phi) is 7.14. The average Bonchev–Trinajstić information content (AvgIpc) is 2.24. The van der Waals surface area contributed by atoms with Crippen molar-refractivity contribution >= 4 is 0 Å². The first-order valence-electron chi connectivity index (χ1n) is 6.21. The highest BCUT2D eigenvalue weighted by atomic mass is 16.3. The molecule has 0 saturated heterocycles. The Morgan fingerprint density at radius 3 is 2.28 bits per heavy atom. The Bertz CT molecular complexity index is 323. The van der Waals surface area contributed by atoms with Crippen molar-refractivity contribution in [1.29, 1.82) is 0 Å². The molecule has 3 N–H and O–H groups in total. The zero-order valence-electron chi connectivity index (χ0n) is 11.8. The second-order valence-corrected chi connectivity index (χ2v) is 5.28. The molecule has 0 saturated carbocycles. The highest BCUT2D eigenvalue weighted by Crippen LogP contribution is 2.16. The van der Waals surface area contributed by atoms with E-state index in [4.69, 9.17) is 0 Å². The molecule has 0 unspecified atom stereocenters. The number of rotatable bonds is 7. The molecule has 0 spiro atoms. The monoisotopic (exact) mass is 254 g/mol. The van der Waals surface area contributed by atoms with Crippen LogP contribution in [0.3, 0.4) is 0 Å². The Labute approximate surface area is 110 Å². The Hall–Kier alpha value is -0.900. The minimum Gasteiger partial charge on any atom is -0.389 e. The van der Waals surface area contributed by atoms with E-state index in [0.717, 1.165) is 5.57 Å². The molecule has 3 atom stereocenters. The zero-order chi connectivity index (χ0) is 14.3. The van der Waals surface area contributed by atoms with Crippen LogP contribution in [0.5, 0.6) is 0 Å². The summed E-state index contributed by atoms with van der Waals surface area (Å²) in [5.74, 6) is 0. The number of aliphatic hydroxyl groups excluding tert-OH is 2.